The molecule has 1 aliphatic rings. The van der Waals surface area contributed by atoms with Crippen molar-refractivity contribution in [3.05, 3.63) is 80.9 Å². The van der Waals surface area contributed by atoms with E-state index in [1.54, 1.807) is 19.1 Å². The summed E-state index contributed by atoms with van der Waals surface area (Å²) in [6, 6.07) is 12.4. The van der Waals surface area contributed by atoms with Crippen molar-refractivity contribution in [1.82, 2.24) is 0 Å². The summed E-state index contributed by atoms with van der Waals surface area (Å²) in [7, 11) is -3.31. The maximum Gasteiger partial charge on any atom is 0.273 e. The van der Waals surface area contributed by atoms with Gasteiger partial charge in [0, 0.05) is 27.9 Å². The second-order valence-electron chi connectivity index (χ2n) is 7.59. The van der Waals surface area contributed by atoms with E-state index < -0.39 is 26.2 Å². The normalized spacial score (nSPS) is 17.0. The smallest absolute Gasteiger partial charge is 0.273 e. The summed E-state index contributed by atoms with van der Waals surface area (Å²) in [5, 5.41) is 14.0. The maximum absolute atomic E-state index is 14.1. The molecular weight excluding hydrogens is 498 g/mol. The van der Waals surface area contributed by atoms with Gasteiger partial charge in [-0.3, -0.25) is 14.9 Å². The molecule has 0 radical (unpaired) electrons. The maximum atomic E-state index is 14.1. The molecule has 1 aliphatic heterocycles. The first kappa shape index (κ1) is 24.5. The Hall–Kier alpha value is -3.67. The van der Waals surface area contributed by atoms with Gasteiger partial charge in [0.25, 0.3) is 11.6 Å². The summed E-state index contributed by atoms with van der Waals surface area (Å²) in [4.78, 5) is 23.0. The molecule has 3 aromatic carbocycles. The molecule has 4 rings (SSSR count). The zero-order valence-electron chi connectivity index (χ0n) is 18.6. The number of hydrogen-bond acceptors (Lipinski definition) is 8. The number of carbonyl (C=O) groups excluding carboxylic acids is 1. The number of nitro groups is 1. The number of nitrogens with one attached hydrogen (secondary N) is 1. The van der Waals surface area contributed by atoms with Crippen LogP contribution in [0.4, 0.5) is 11.4 Å². The molecule has 1 unspecified atom stereocenters. The van der Waals surface area contributed by atoms with Gasteiger partial charge in [-0.2, -0.15) is 0 Å². The van der Waals surface area contributed by atoms with Crippen LogP contribution in [0.15, 0.2) is 64.4 Å². The van der Waals surface area contributed by atoms with Crippen molar-refractivity contribution in [2.45, 2.75) is 22.3 Å². The zero-order chi connectivity index (χ0) is 25.5. The number of fused-ring (bicyclic) bond motifs is 1. The molecule has 0 saturated carbocycles. The molecule has 3 aromatic rings. The van der Waals surface area contributed by atoms with Crippen molar-refractivity contribution in [1.29, 1.82) is 0 Å². The predicted molar refractivity (Wildman–Crippen MR) is 128 cm³/mol. The largest absolute Gasteiger partial charge is 0.495 e. The van der Waals surface area contributed by atoms with E-state index in [2.05, 4.69) is 5.32 Å². The Kier molecular flexibility index (Phi) is 6.18. The van der Waals surface area contributed by atoms with Gasteiger partial charge in [0.05, 0.1) is 24.7 Å². The van der Waals surface area contributed by atoms with Crippen LogP contribution >= 0.6 is 11.6 Å². The highest BCUT2D eigenvalue weighted by Crippen LogP contribution is 2.49. The fraction of sp³-hybridized carbons (Fsp3) is 0.174. The SMILES string of the molecule is CCOc1ccc2c(c1S(=O)(=O)c1ccc([N+](=O)[O-])cc1OC)C(N)(c1ccccc1Cl)C(=O)N2. The molecule has 3 N–H and O–H groups in total. The number of hydrogen-bond donors (Lipinski definition) is 2. The lowest BCUT2D eigenvalue weighted by molar-refractivity contribution is -0.385. The van der Waals surface area contributed by atoms with E-state index in [4.69, 9.17) is 26.8 Å². The number of ether oxygens (including phenoxy) is 2. The topological polar surface area (TPSA) is 151 Å². The second-order valence-corrected chi connectivity index (χ2v) is 9.85. The molecule has 1 amide bonds. The number of nitrogens with zero attached hydrogens (tertiary/aromatic N) is 1. The molecular formula is C23H20ClN3O7S. The lowest BCUT2D eigenvalue weighted by Crippen LogP contribution is -2.45. The van der Waals surface area contributed by atoms with Crippen LogP contribution in [0.2, 0.25) is 5.02 Å². The predicted octanol–water partition coefficient (Wildman–Crippen LogP) is 3.64. The summed E-state index contributed by atoms with van der Waals surface area (Å²) < 4.78 is 39.0. The number of non-ortho nitro benzene ring substituents is 1. The Morgan fingerprint density at radius 1 is 1.14 bits per heavy atom. The number of benzene rings is 3. The van der Waals surface area contributed by atoms with E-state index in [-0.39, 0.29) is 55.4 Å². The first-order chi connectivity index (χ1) is 16.6. The highest BCUT2D eigenvalue weighted by atomic mass is 35.5. The highest BCUT2D eigenvalue weighted by molar-refractivity contribution is 7.91. The summed E-state index contributed by atoms with van der Waals surface area (Å²) in [6.07, 6.45) is 0. The molecule has 0 bridgehead atoms. The fourth-order valence-corrected chi connectivity index (χ4v) is 6.16. The van der Waals surface area contributed by atoms with Crippen LogP contribution in [0.25, 0.3) is 0 Å². The van der Waals surface area contributed by atoms with Crippen LogP contribution in [0, 0.1) is 10.1 Å². The Bertz CT molecular complexity index is 1480. The van der Waals surface area contributed by atoms with E-state index in [1.165, 1.54) is 31.4 Å². The molecule has 10 nitrogen and oxygen atoms in total. The van der Waals surface area contributed by atoms with Gasteiger partial charge in [-0.05, 0) is 31.2 Å². The molecule has 12 heteroatoms. The molecule has 0 aliphatic carbocycles. The van der Waals surface area contributed by atoms with Crippen molar-refractivity contribution >= 4 is 38.7 Å². The van der Waals surface area contributed by atoms with E-state index >= 15 is 0 Å². The summed E-state index contributed by atoms with van der Waals surface area (Å²) in [5.41, 5.74) is 4.65. The van der Waals surface area contributed by atoms with Gasteiger partial charge in [0.2, 0.25) is 9.84 Å². The lowest BCUT2D eigenvalue weighted by Gasteiger charge is -2.27. The fourth-order valence-electron chi connectivity index (χ4n) is 4.07. The second kappa shape index (κ2) is 8.84. The third kappa shape index (κ3) is 3.77. The molecule has 1 heterocycles. The van der Waals surface area contributed by atoms with Crippen molar-refractivity contribution in [2.24, 2.45) is 5.73 Å². The summed E-state index contributed by atoms with van der Waals surface area (Å²) in [6.45, 7) is 1.78. The van der Waals surface area contributed by atoms with Crippen molar-refractivity contribution in [2.75, 3.05) is 19.0 Å². The van der Waals surface area contributed by atoms with E-state index in [0.29, 0.717) is 0 Å². The van der Waals surface area contributed by atoms with Gasteiger partial charge in [0.1, 0.15) is 21.3 Å². The number of amides is 1. The summed E-state index contributed by atoms with van der Waals surface area (Å²) >= 11 is 6.38. The highest BCUT2D eigenvalue weighted by Gasteiger charge is 2.51. The molecule has 0 fully saturated rings. The molecule has 35 heavy (non-hydrogen) atoms. The van der Waals surface area contributed by atoms with Gasteiger partial charge in [-0.1, -0.05) is 29.8 Å². The monoisotopic (exact) mass is 517 g/mol. The minimum atomic E-state index is -4.51. The van der Waals surface area contributed by atoms with Crippen LogP contribution in [0.3, 0.4) is 0 Å². The molecule has 0 saturated heterocycles. The number of methoxy groups -OCH3 is 1. The number of nitrogens with two attached hydrogens (primary N) is 1. The quantitative estimate of drug-likeness (QED) is 0.356. The Labute approximate surface area is 205 Å². The average Bonchev–Trinajstić information content (AvgIpc) is 3.09. The Balaban J connectivity index is 2.08. The Morgan fingerprint density at radius 3 is 2.49 bits per heavy atom. The standard InChI is InChI=1S/C23H20ClN3O7S/c1-3-34-17-10-9-16-20(23(25,22(28)26-16)14-6-4-5-7-15(14)24)21(17)35(31,32)19-11-8-13(27(29)30)12-18(19)33-2/h4-12H,3,25H2,1-2H3,(H,26,28). The van der Waals surface area contributed by atoms with Crippen LogP contribution in [0.5, 0.6) is 11.5 Å². The molecule has 0 spiro atoms. The van der Waals surface area contributed by atoms with E-state index in [9.17, 15) is 23.3 Å². The first-order valence-electron chi connectivity index (χ1n) is 10.3. The van der Waals surface area contributed by atoms with Gasteiger partial charge >= 0.3 is 0 Å². The van der Waals surface area contributed by atoms with E-state index in [0.717, 1.165) is 18.2 Å². The molecule has 1 atom stereocenters. The number of nitro benzene ring substituents is 1. The number of carbonyl (C=O) groups is 1. The van der Waals surface area contributed by atoms with Gasteiger partial charge in [-0.25, -0.2) is 8.42 Å². The van der Waals surface area contributed by atoms with Gasteiger partial charge < -0.3 is 20.5 Å². The minimum Gasteiger partial charge on any atom is -0.495 e. The minimum absolute atomic E-state index is 0.0509. The molecule has 0 aromatic heterocycles. The van der Waals surface area contributed by atoms with Crippen LogP contribution in [0.1, 0.15) is 18.1 Å². The summed E-state index contributed by atoms with van der Waals surface area (Å²) in [5.74, 6) is -0.983. The number of sulfone groups is 1. The first-order valence-corrected chi connectivity index (χ1v) is 12.2. The molecule has 182 valence electrons. The van der Waals surface area contributed by atoms with Gasteiger partial charge in [0.15, 0.2) is 5.54 Å². The third-order valence-corrected chi connectivity index (χ3v) is 7.83. The van der Waals surface area contributed by atoms with Crippen molar-refractivity contribution in [3.8, 4) is 11.5 Å². The zero-order valence-corrected chi connectivity index (χ0v) is 20.1. The van der Waals surface area contributed by atoms with Crippen LogP contribution in [-0.2, 0) is 20.2 Å². The Morgan fingerprint density at radius 2 is 1.86 bits per heavy atom. The van der Waals surface area contributed by atoms with Crippen molar-refractivity contribution < 1.29 is 27.6 Å². The van der Waals surface area contributed by atoms with Crippen LogP contribution < -0.4 is 20.5 Å². The average molecular weight is 518 g/mol. The van der Waals surface area contributed by atoms with Gasteiger partial charge in [-0.15, -0.1) is 0 Å². The number of rotatable bonds is 7. The van der Waals surface area contributed by atoms with Crippen molar-refractivity contribution in [3.63, 3.8) is 0 Å². The number of halogens is 1. The van der Waals surface area contributed by atoms with Crippen LogP contribution in [-0.4, -0.2) is 33.0 Å². The van der Waals surface area contributed by atoms with E-state index in [1.807, 2.05) is 0 Å². The number of anilines is 1. The lowest BCUT2D eigenvalue weighted by atomic mass is 9.84. The third-order valence-electron chi connectivity index (χ3n) is 5.64.